The summed E-state index contributed by atoms with van der Waals surface area (Å²) in [6.07, 6.45) is 0. The Morgan fingerprint density at radius 2 is 1.79 bits per heavy atom. The van der Waals surface area contributed by atoms with Gasteiger partial charge in [-0.15, -0.1) is 0 Å². The molecule has 0 saturated carbocycles. The van der Waals surface area contributed by atoms with Gasteiger partial charge >= 0.3 is 0 Å². The minimum atomic E-state index is -3.70. The van der Waals surface area contributed by atoms with E-state index in [-0.39, 0.29) is 10.9 Å². The highest BCUT2D eigenvalue weighted by Crippen LogP contribution is 2.14. The van der Waals surface area contributed by atoms with Gasteiger partial charge in [-0.2, -0.15) is 0 Å². The van der Waals surface area contributed by atoms with Gasteiger partial charge in [-0.3, -0.25) is 4.79 Å². The summed E-state index contributed by atoms with van der Waals surface area (Å²) in [6.45, 7) is 1.09. The van der Waals surface area contributed by atoms with Crippen molar-refractivity contribution in [1.82, 2.24) is 14.9 Å². The molecule has 1 amide bonds. The van der Waals surface area contributed by atoms with E-state index in [1.807, 2.05) is 43.3 Å². The first-order valence-electron chi connectivity index (χ1n) is 7.36. The molecular formula is C16H21N3O4S. The maximum absolute atomic E-state index is 12.1. The Labute approximate surface area is 141 Å². The molecule has 2 N–H and O–H groups in total. The van der Waals surface area contributed by atoms with Crippen LogP contribution in [0.3, 0.4) is 0 Å². The number of sulfonamides is 1. The fourth-order valence-electron chi connectivity index (χ4n) is 2.17. The van der Waals surface area contributed by atoms with E-state index in [0.29, 0.717) is 6.54 Å². The second-order valence-corrected chi connectivity index (χ2v) is 7.33. The quantitative estimate of drug-likeness (QED) is 0.781. The van der Waals surface area contributed by atoms with Gasteiger partial charge in [0.25, 0.3) is 15.9 Å². The third kappa shape index (κ3) is 4.44. The smallest absolute Gasteiger partial charge is 0.287 e. The fourth-order valence-corrected chi connectivity index (χ4v) is 2.82. The van der Waals surface area contributed by atoms with Crippen molar-refractivity contribution in [2.24, 2.45) is 0 Å². The zero-order chi connectivity index (χ0) is 17.7. The molecule has 0 fully saturated rings. The lowest BCUT2D eigenvalue weighted by Crippen LogP contribution is -2.24. The van der Waals surface area contributed by atoms with Crippen LogP contribution in [0.2, 0.25) is 0 Å². The normalized spacial score (nSPS) is 11.7. The molecule has 0 bridgehead atoms. The van der Waals surface area contributed by atoms with Crippen molar-refractivity contribution in [2.75, 3.05) is 21.1 Å². The van der Waals surface area contributed by atoms with Gasteiger partial charge in [-0.05, 0) is 44.4 Å². The first-order chi connectivity index (χ1) is 11.3. The molecule has 7 nitrogen and oxygen atoms in total. The van der Waals surface area contributed by atoms with E-state index in [9.17, 15) is 13.2 Å². The summed E-state index contributed by atoms with van der Waals surface area (Å²) in [4.78, 5) is 14.2. The predicted molar refractivity (Wildman–Crippen MR) is 90.0 cm³/mol. The number of nitrogens with one attached hydrogen (secondary N) is 2. The molecule has 2 rings (SSSR count). The molecule has 24 heavy (non-hydrogen) atoms. The van der Waals surface area contributed by atoms with Gasteiger partial charge in [0, 0.05) is 13.1 Å². The number of furan rings is 1. The topological polar surface area (TPSA) is 91.6 Å². The van der Waals surface area contributed by atoms with Gasteiger partial charge in [-0.1, -0.05) is 24.3 Å². The summed E-state index contributed by atoms with van der Waals surface area (Å²) in [5.41, 5.74) is 2.11. The van der Waals surface area contributed by atoms with E-state index in [1.54, 1.807) is 0 Å². The van der Waals surface area contributed by atoms with Gasteiger partial charge in [0.2, 0.25) is 5.09 Å². The van der Waals surface area contributed by atoms with Gasteiger partial charge in [0.05, 0.1) is 0 Å². The molecule has 0 saturated heterocycles. The van der Waals surface area contributed by atoms with Crippen molar-refractivity contribution in [3.8, 4) is 0 Å². The largest absolute Gasteiger partial charge is 0.438 e. The van der Waals surface area contributed by atoms with Crippen LogP contribution < -0.4 is 10.0 Å². The van der Waals surface area contributed by atoms with E-state index in [2.05, 4.69) is 10.0 Å². The molecule has 0 radical (unpaired) electrons. The molecular weight excluding hydrogens is 330 g/mol. The second-order valence-electron chi connectivity index (χ2n) is 5.52. The standard InChI is InChI=1S/C16H21N3O4S/c1-17-24(21,22)15-9-8-14(23-15)16(20)18-10-12-6-4-5-7-13(12)11-19(2)3/h4-9,17H,10-11H2,1-3H3,(H,18,20). The number of amides is 1. The number of hydrogen-bond acceptors (Lipinski definition) is 5. The van der Waals surface area contributed by atoms with Crippen molar-refractivity contribution in [1.29, 1.82) is 0 Å². The van der Waals surface area contributed by atoms with Crippen LogP contribution in [0.4, 0.5) is 0 Å². The van der Waals surface area contributed by atoms with Crippen molar-refractivity contribution >= 4 is 15.9 Å². The van der Waals surface area contributed by atoms with Crippen molar-refractivity contribution < 1.29 is 17.6 Å². The monoisotopic (exact) mass is 351 g/mol. The Kier molecular flexibility index (Phi) is 5.76. The highest BCUT2D eigenvalue weighted by molar-refractivity contribution is 7.89. The van der Waals surface area contributed by atoms with Gasteiger partial charge in [0.1, 0.15) is 0 Å². The van der Waals surface area contributed by atoms with Gasteiger partial charge in [-0.25, -0.2) is 13.1 Å². The van der Waals surface area contributed by atoms with Crippen LogP contribution in [0, 0.1) is 0 Å². The fraction of sp³-hybridized carbons (Fsp3) is 0.312. The van der Waals surface area contributed by atoms with E-state index in [0.717, 1.165) is 17.7 Å². The molecule has 0 aliphatic heterocycles. The highest BCUT2D eigenvalue weighted by Gasteiger charge is 2.19. The molecule has 0 spiro atoms. The van der Waals surface area contributed by atoms with Crippen LogP contribution in [0.5, 0.6) is 0 Å². The number of carbonyl (C=O) groups is 1. The summed E-state index contributed by atoms with van der Waals surface area (Å²) in [5.74, 6) is -0.513. The van der Waals surface area contributed by atoms with Gasteiger partial charge < -0.3 is 14.6 Å². The average Bonchev–Trinajstić information content (AvgIpc) is 3.04. The molecule has 1 aromatic carbocycles. The van der Waals surface area contributed by atoms with E-state index in [1.165, 1.54) is 19.2 Å². The van der Waals surface area contributed by atoms with E-state index >= 15 is 0 Å². The number of rotatable bonds is 7. The van der Waals surface area contributed by atoms with Crippen LogP contribution in [0.25, 0.3) is 0 Å². The third-order valence-electron chi connectivity index (χ3n) is 3.38. The number of carbonyl (C=O) groups excluding carboxylic acids is 1. The second kappa shape index (κ2) is 7.61. The molecule has 1 heterocycles. The molecule has 8 heteroatoms. The molecule has 2 aromatic rings. The Bertz CT molecular complexity index is 812. The Balaban J connectivity index is 2.07. The number of hydrogen-bond donors (Lipinski definition) is 2. The highest BCUT2D eigenvalue weighted by atomic mass is 32.2. The van der Waals surface area contributed by atoms with E-state index < -0.39 is 15.9 Å². The third-order valence-corrected chi connectivity index (χ3v) is 4.67. The minimum absolute atomic E-state index is 0.0473. The Hall–Kier alpha value is -2.16. The lowest BCUT2D eigenvalue weighted by atomic mass is 10.1. The van der Waals surface area contributed by atoms with Crippen molar-refractivity contribution in [3.05, 3.63) is 53.3 Å². The first kappa shape index (κ1) is 18.2. The van der Waals surface area contributed by atoms with Crippen LogP contribution >= 0.6 is 0 Å². The lowest BCUT2D eigenvalue weighted by molar-refractivity contribution is 0.0917. The molecule has 0 unspecified atom stereocenters. The van der Waals surface area contributed by atoms with Crippen LogP contribution in [-0.2, 0) is 23.1 Å². The maximum Gasteiger partial charge on any atom is 0.287 e. The van der Waals surface area contributed by atoms with Crippen LogP contribution in [-0.4, -0.2) is 40.4 Å². The molecule has 1 aromatic heterocycles. The SMILES string of the molecule is CNS(=O)(=O)c1ccc(C(=O)NCc2ccccc2CN(C)C)o1. The van der Waals surface area contributed by atoms with Crippen molar-refractivity contribution in [3.63, 3.8) is 0 Å². The predicted octanol–water partition coefficient (Wildman–Crippen LogP) is 1.18. The van der Waals surface area contributed by atoms with Crippen molar-refractivity contribution in [2.45, 2.75) is 18.2 Å². The summed E-state index contributed by atoms with van der Waals surface area (Å²) in [7, 11) is 1.52. The molecule has 0 atom stereocenters. The molecule has 130 valence electrons. The number of nitrogens with zero attached hydrogens (tertiary/aromatic N) is 1. The maximum atomic E-state index is 12.1. The van der Waals surface area contributed by atoms with Gasteiger partial charge in [0.15, 0.2) is 5.76 Å². The Morgan fingerprint density at radius 1 is 1.12 bits per heavy atom. The molecule has 0 aliphatic rings. The first-order valence-corrected chi connectivity index (χ1v) is 8.85. The lowest BCUT2D eigenvalue weighted by Gasteiger charge is -2.14. The zero-order valence-corrected chi connectivity index (χ0v) is 14.7. The summed E-state index contributed by atoms with van der Waals surface area (Å²) in [5, 5.41) is 2.46. The summed E-state index contributed by atoms with van der Waals surface area (Å²) < 4.78 is 30.5. The minimum Gasteiger partial charge on any atom is -0.438 e. The average molecular weight is 351 g/mol. The summed E-state index contributed by atoms with van der Waals surface area (Å²) >= 11 is 0. The number of benzene rings is 1. The zero-order valence-electron chi connectivity index (χ0n) is 13.9. The van der Waals surface area contributed by atoms with Crippen LogP contribution in [0.1, 0.15) is 21.7 Å². The van der Waals surface area contributed by atoms with E-state index in [4.69, 9.17) is 4.42 Å². The van der Waals surface area contributed by atoms with Crippen LogP contribution in [0.15, 0.2) is 45.9 Å². The molecule has 0 aliphatic carbocycles. The summed E-state index contributed by atoms with van der Waals surface area (Å²) in [6, 6.07) is 10.4. The Morgan fingerprint density at radius 3 is 2.42 bits per heavy atom.